The summed E-state index contributed by atoms with van der Waals surface area (Å²) in [5, 5.41) is 7.33. The number of aromatic nitrogens is 2. The van der Waals surface area contributed by atoms with E-state index in [1.54, 1.807) is 12.1 Å². The number of ether oxygens (including phenoxy) is 1. The van der Waals surface area contributed by atoms with Gasteiger partial charge in [0.2, 0.25) is 11.7 Å². The summed E-state index contributed by atoms with van der Waals surface area (Å²) in [5.74, 6) is 1.72. The first kappa shape index (κ1) is 12.8. The highest BCUT2D eigenvalue weighted by atomic mass is 19.1. The Balaban J connectivity index is 1.39. The molecule has 5 nitrogen and oxygen atoms in total. The first-order valence-electron chi connectivity index (χ1n) is 7.17. The number of benzene rings is 1. The van der Waals surface area contributed by atoms with Crippen LogP contribution in [0.4, 0.5) is 4.39 Å². The molecular formula is C15H16FN3O2. The van der Waals surface area contributed by atoms with Gasteiger partial charge in [-0.3, -0.25) is 0 Å². The second kappa shape index (κ2) is 4.80. The van der Waals surface area contributed by atoms with Crippen molar-refractivity contribution in [3.8, 4) is 5.75 Å². The molecule has 2 atom stereocenters. The normalized spacial score (nSPS) is 27.2. The van der Waals surface area contributed by atoms with E-state index in [0.717, 1.165) is 19.5 Å². The second-order valence-electron chi connectivity index (χ2n) is 5.84. The van der Waals surface area contributed by atoms with E-state index in [0.29, 0.717) is 28.8 Å². The molecule has 2 fully saturated rings. The Labute approximate surface area is 121 Å². The maximum Gasteiger partial charge on any atom is 0.230 e. The summed E-state index contributed by atoms with van der Waals surface area (Å²) in [6.45, 7) is 2.29. The molecule has 110 valence electrons. The average Bonchev–Trinajstić information content (AvgIpc) is 2.84. The minimum atomic E-state index is -0.324. The van der Waals surface area contributed by atoms with E-state index in [-0.39, 0.29) is 12.4 Å². The third-order valence-electron chi connectivity index (χ3n) is 4.41. The van der Waals surface area contributed by atoms with Crippen LogP contribution in [-0.4, -0.2) is 23.2 Å². The van der Waals surface area contributed by atoms with E-state index in [1.165, 1.54) is 18.6 Å². The third kappa shape index (κ3) is 2.40. The van der Waals surface area contributed by atoms with Gasteiger partial charge in [-0.05, 0) is 36.9 Å². The predicted octanol–water partition coefficient (Wildman–Crippen LogP) is 2.25. The molecule has 0 bridgehead atoms. The van der Waals surface area contributed by atoms with E-state index in [4.69, 9.17) is 9.26 Å². The highest BCUT2D eigenvalue weighted by Gasteiger charge is 2.58. The Kier molecular flexibility index (Phi) is 2.92. The van der Waals surface area contributed by atoms with Crippen LogP contribution >= 0.6 is 0 Å². The summed E-state index contributed by atoms with van der Waals surface area (Å²) in [6, 6.07) is 6.01. The van der Waals surface area contributed by atoms with Gasteiger partial charge >= 0.3 is 0 Å². The largest absolute Gasteiger partial charge is 0.485 e. The van der Waals surface area contributed by atoms with Gasteiger partial charge in [0.15, 0.2) is 6.61 Å². The summed E-state index contributed by atoms with van der Waals surface area (Å²) in [5.41, 5.74) is 0.340. The molecule has 2 heterocycles. The van der Waals surface area contributed by atoms with E-state index >= 15 is 0 Å². The molecule has 1 aromatic carbocycles. The van der Waals surface area contributed by atoms with Gasteiger partial charge in [-0.2, -0.15) is 4.98 Å². The molecule has 1 aliphatic carbocycles. The van der Waals surface area contributed by atoms with E-state index < -0.39 is 0 Å². The van der Waals surface area contributed by atoms with Crippen LogP contribution in [0.3, 0.4) is 0 Å². The molecule has 2 aromatic rings. The van der Waals surface area contributed by atoms with Crippen molar-refractivity contribution < 1.29 is 13.7 Å². The molecule has 1 spiro atoms. The summed E-state index contributed by atoms with van der Waals surface area (Å²) in [7, 11) is 0. The fraction of sp³-hybridized carbons (Fsp3) is 0.467. The van der Waals surface area contributed by atoms with Crippen LogP contribution in [-0.2, 0) is 6.61 Å². The molecular weight excluding hydrogens is 273 g/mol. The highest BCUT2D eigenvalue weighted by Crippen LogP contribution is 2.62. The second-order valence-corrected chi connectivity index (χ2v) is 5.84. The SMILES string of the molecule is Fc1cccc(OCc2noc(C3CC34CCNC4)n2)c1. The van der Waals surface area contributed by atoms with Crippen molar-refractivity contribution in [3.05, 3.63) is 41.8 Å². The molecule has 1 N–H and O–H groups in total. The zero-order valence-electron chi connectivity index (χ0n) is 11.5. The van der Waals surface area contributed by atoms with Crippen molar-refractivity contribution in [1.82, 2.24) is 15.5 Å². The molecule has 0 radical (unpaired) electrons. The van der Waals surface area contributed by atoms with Crippen LogP contribution in [0.1, 0.15) is 30.5 Å². The topological polar surface area (TPSA) is 60.2 Å². The van der Waals surface area contributed by atoms with Crippen molar-refractivity contribution in [2.24, 2.45) is 5.41 Å². The van der Waals surface area contributed by atoms with Gasteiger partial charge in [-0.1, -0.05) is 11.2 Å². The lowest BCUT2D eigenvalue weighted by atomic mass is 10.0. The minimum absolute atomic E-state index is 0.185. The fourth-order valence-electron chi connectivity index (χ4n) is 3.10. The number of halogens is 1. The Hall–Kier alpha value is -1.95. The molecule has 2 aliphatic rings. The molecule has 21 heavy (non-hydrogen) atoms. The molecule has 1 aliphatic heterocycles. The van der Waals surface area contributed by atoms with E-state index in [1.807, 2.05) is 0 Å². The van der Waals surface area contributed by atoms with Crippen LogP contribution in [0.25, 0.3) is 0 Å². The highest BCUT2D eigenvalue weighted by molar-refractivity contribution is 5.23. The maximum atomic E-state index is 13.0. The Morgan fingerprint density at radius 1 is 1.48 bits per heavy atom. The van der Waals surface area contributed by atoms with E-state index in [9.17, 15) is 4.39 Å². The molecule has 4 rings (SSSR count). The summed E-state index contributed by atoms with van der Waals surface area (Å²) in [4.78, 5) is 4.40. The van der Waals surface area contributed by atoms with Gasteiger partial charge in [-0.15, -0.1) is 0 Å². The van der Waals surface area contributed by atoms with Gasteiger partial charge in [-0.25, -0.2) is 4.39 Å². The molecule has 2 unspecified atom stereocenters. The number of nitrogens with zero attached hydrogens (tertiary/aromatic N) is 2. The maximum absolute atomic E-state index is 13.0. The van der Waals surface area contributed by atoms with Crippen LogP contribution < -0.4 is 10.1 Å². The first-order chi connectivity index (χ1) is 10.3. The molecule has 1 aromatic heterocycles. The van der Waals surface area contributed by atoms with Gasteiger partial charge in [0.25, 0.3) is 0 Å². The van der Waals surface area contributed by atoms with Crippen LogP contribution in [0.2, 0.25) is 0 Å². The van der Waals surface area contributed by atoms with Crippen LogP contribution in [0.5, 0.6) is 5.75 Å². The third-order valence-corrected chi connectivity index (χ3v) is 4.41. The van der Waals surface area contributed by atoms with Crippen LogP contribution in [0, 0.1) is 11.2 Å². The number of rotatable bonds is 4. The molecule has 6 heteroatoms. The zero-order valence-corrected chi connectivity index (χ0v) is 11.5. The quantitative estimate of drug-likeness (QED) is 0.935. The monoisotopic (exact) mass is 289 g/mol. The number of nitrogens with one attached hydrogen (secondary N) is 1. The van der Waals surface area contributed by atoms with Crippen LogP contribution in [0.15, 0.2) is 28.8 Å². The number of hydrogen-bond acceptors (Lipinski definition) is 5. The van der Waals surface area contributed by atoms with Crippen molar-refractivity contribution in [2.75, 3.05) is 13.1 Å². The smallest absolute Gasteiger partial charge is 0.230 e. The summed E-state index contributed by atoms with van der Waals surface area (Å²) in [6.07, 6.45) is 2.29. The lowest BCUT2D eigenvalue weighted by Gasteiger charge is -2.03. The van der Waals surface area contributed by atoms with Crippen molar-refractivity contribution in [3.63, 3.8) is 0 Å². The number of hydrogen-bond donors (Lipinski definition) is 1. The lowest BCUT2D eigenvalue weighted by Crippen LogP contribution is -2.10. The first-order valence-corrected chi connectivity index (χ1v) is 7.17. The predicted molar refractivity (Wildman–Crippen MR) is 72.3 cm³/mol. The van der Waals surface area contributed by atoms with Crippen molar-refractivity contribution in [2.45, 2.75) is 25.4 Å². The van der Waals surface area contributed by atoms with Gasteiger partial charge in [0.05, 0.1) is 0 Å². The molecule has 1 saturated heterocycles. The average molecular weight is 289 g/mol. The van der Waals surface area contributed by atoms with Gasteiger partial charge in [0, 0.05) is 18.5 Å². The van der Waals surface area contributed by atoms with Gasteiger partial charge < -0.3 is 14.6 Å². The minimum Gasteiger partial charge on any atom is -0.485 e. The zero-order chi connectivity index (χ0) is 14.3. The van der Waals surface area contributed by atoms with Crippen molar-refractivity contribution in [1.29, 1.82) is 0 Å². The fourth-order valence-corrected chi connectivity index (χ4v) is 3.10. The molecule has 0 amide bonds. The van der Waals surface area contributed by atoms with E-state index in [2.05, 4.69) is 15.5 Å². The van der Waals surface area contributed by atoms with Crippen molar-refractivity contribution >= 4 is 0 Å². The molecule has 1 saturated carbocycles. The Morgan fingerprint density at radius 3 is 3.24 bits per heavy atom. The summed E-state index contributed by atoms with van der Waals surface area (Å²) < 4.78 is 23.9. The standard InChI is InChI=1S/C15H16FN3O2/c16-10-2-1-3-11(6-10)20-8-13-18-14(21-19-13)12-7-15(12)4-5-17-9-15/h1-3,6,12,17H,4-5,7-9H2. The van der Waals surface area contributed by atoms with Gasteiger partial charge in [0.1, 0.15) is 11.6 Å². The summed E-state index contributed by atoms with van der Waals surface area (Å²) >= 11 is 0. The Bertz CT molecular complexity index is 652. The Morgan fingerprint density at radius 2 is 2.43 bits per heavy atom. The lowest BCUT2D eigenvalue weighted by molar-refractivity contribution is 0.283.